The van der Waals surface area contributed by atoms with Gasteiger partial charge in [-0.15, -0.1) is 0 Å². The fourth-order valence-corrected chi connectivity index (χ4v) is 3.21. The average molecular weight is 329 g/mol. The van der Waals surface area contributed by atoms with Gasteiger partial charge in [0.1, 0.15) is 0 Å². The van der Waals surface area contributed by atoms with Crippen LogP contribution in [-0.2, 0) is 4.79 Å². The minimum absolute atomic E-state index is 0.225. The van der Waals surface area contributed by atoms with E-state index < -0.39 is 0 Å². The number of carbonyl (C=O) groups excluding carboxylic acids is 1. The second kappa shape index (κ2) is 6.30. The highest BCUT2D eigenvalue weighted by atomic mass is 35.5. The Morgan fingerprint density at radius 3 is 2.82 bits per heavy atom. The van der Waals surface area contributed by atoms with E-state index in [0.29, 0.717) is 10.2 Å². The first-order valence-electron chi connectivity index (χ1n) is 6.73. The van der Waals surface area contributed by atoms with Crippen molar-refractivity contribution in [2.45, 2.75) is 6.92 Å². The number of aromatic nitrogens is 1. The molecule has 3 aromatic rings. The lowest BCUT2D eigenvalue weighted by Crippen LogP contribution is -2.07. The van der Waals surface area contributed by atoms with Gasteiger partial charge in [0.15, 0.2) is 5.13 Å². The van der Waals surface area contributed by atoms with Gasteiger partial charge in [0.05, 0.1) is 10.2 Å². The highest BCUT2D eigenvalue weighted by Gasteiger charge is 2.07. The van der Waals surface area contributed by atoms with Crippen LogP contribution < -0.4 is 5.32 Å². The van der Waals surface area contributed by atoms with Gasteiger partial charge >= 0.3 is 0 Å². The van der Waals surface area contributed by atoms with E-state index in [0.717, 1.165) is 21.3 Å². The number of nitrogens with one attached hydrogen (secondary N) is 1. The van der Waals surface area contributed by atoms with Gasteiger partial charge in [0.25, 0.3) is 0 Å². The third-order valence-electron chi connectivity index (χ3n) is 3.17. The Morgan fingerprint density at radius 2 is 2.05 bits per heavy atom. The molecule has 0 aliphatic carbocycles. The fourth-order valence-electron chi connectivity index (χ4n) is 2.06. The van der Waals surface area contributed by atoms with Crippen LogP contribution >= 0.6 is 22.9 Å². The molecule has 1 heterocycles. The van der Waals surface area contributed by atoms with Gasteiger partial charge in [-0.2, -0.15) is 0 Å². The summed E-state index contributed by atoms with van der Waals surface area (Å²) in [6.45, 7) is 2.00. The maximum absolute atomic E-state index is 12.0. The highest BCUT2D eigenvalue weighted by molar-refractivity contribution is 7.22. The zero-order chi connectivity index (χ0) is 15.5. The van der Waals surface area contributed by atoms with Crippen molar-refractivity contribution >= 4 is 50.3 Å². The average Bonchev–Trinajstić information content (AvgIpc) is 2.90. The number of anilines is 1. The molecule has 0 unspecified atom stereocenters. The van der Waals surface area contributed by atoms with Crippen molar-refractivity contribution in [3.63, 3.8) is 0 Å². The van der Waals surface area contributed by atoms with Crippen molar-refractivity contribution in [1.29, 1.82) is 0 Å². The van der Waals surface area contributed by atoms with Crippen LogP contribution in [0.5, 0.6) is 0 Å². The van der Waals surface area contributed by atoms with Crippen LogP contribution in [0.15, 0.2) is 48.5 Å². The number of carbonyl (C=O) groups is 1. The summed E-state index contributed by atoms with van der Waals surface area (Å²) >= 11 is 7.51. The first-order chi connectivity index (χ1) is 10.6. The molecule has 3 nitrogen and oxygen atoms in total. The molecule has 0 atom stereocenters. The summed E-state index contributed by atoms with van der Waals surface area (Å²) in [5.74, 6) is -0.225. The maximum Gasteiger partial charge on any atom is 0.250 e. The Hall–Kier alpha value is -2.17. The first kappa shape index (κ1) is 14.8. The number of amides is 1. The molecule has 1 amide bonds. The Balaban J connectivity index is 1.76. The number of nitrogens with zero attached hydrogens (tertiary/aromatic N) is 1. The van der Waals surface area contributed by atoms with Crippen LogP contribution in [0.3, 0.4) is 0 Å². The molecule has 0 spiro atoms. The number of halogens is 1. The maximum atomic E-state index is 12.0. The van der Waals surface area contributed by atoms with Crippen LogP contribution in [0.4, 0.5) is 5.13 Å². The molecule has 0 aliphatic heterocycles. The Kier molecular flexibility index (Phi) is 4.22. The molecule has 5 heteroatoms. The standard InChI is InChI=1S/C17H13ClN2OS/c1-11-5-4-8-14-16(11)20-17(22-14)19-15(21)10-9-12-6-2-3-7-13(12)18/h2-10H,1H3,(H,19,20,21)/b10-9+. The zero-order valence-corrected chi connectivity index (χ0v) is 13.4. The molecule has 0 bridgehead atoms. The monoisotopic (exact) mass is 328 g/mol. The molecule has 22 heavy (non-hydrogen) atoms. The summed E-state index contributed by atoms with van der Waals surface area (Å²) in [7, 11) is 0. The van der Waals surface area contributed by atoms with Crippen LogP contribution in [-0.4, -0.2) is 10.9 Å². The van der Waals surface area contributed by atoms with Crippen molar-refractivity contribution in [3.8, 4) is 0 Å². The SMILES string of the molecule is Cc1cccc2sc(NC(=O)/C=C/c3ccccc3Cl)nc12. The first-order valence-corrected chi connectivity index (χ1v) is 7.93. The molecule has 0 aliphatic rings. The van der Waals surface area contributed by atoms with Crippen LogP contribution in [0, 0.1) is 6.92 Å². The van der Waals surface area contributed by atoms with Crippen LogP contribution in [0.25, 0.3) is 16.3 Å². The van der Waals surface area contributed by atoms with Crippen molar-refractivity contribution in [2.75, 3.05) is 5.32 Å². The molecule has 0 radical (unpaired) electrons. The van der Waals surface area contributed by atoms with Gasteiger partial charge in [-0.3, -0.25) is 10.1 Å². The number of para-hydroxylation sites is 1. The second-order valence-electron chi connectivity index (χ2n) is 4.78. The van der Waals surface area contributed by atoms with Gasteiger partial charge in [-0.05, 0) is 36.3 Å². The molecule has 0 fully saturated rings. The molecule has 0 saturated carbocycles. The molecule has 2 aromatic carbocycles. The van der Waals surface area contributed by atoms with Crippen molar-refractivity contribution in [3.05, 3.63) is 64.7 Å². The number of hydrogen-bond acceptors (Lipinski definition) is 3. The van der Waals surface area contributed by atoms with Crippen LogP contribution in [0.2, 0.25) is 5.02 Å². The van der Waals surface area contributed by atoms with E-state index in [1.54, 1.807) is 12.1 Å². The lowest BCUT2D eigenvalue weighted by Gasteiger charge is -1.97. The number of fused-ring (bicyclic) bond motifs is 1. The van der Waals surface area contributed by atoms with Gasteiger partial charge in [0, 0.05) is 11.1 Å². The largest absolute Gasteiger partial charge is 0.298 e. The van der Waals surface area contributed by atoms with E-state index >= 15 is 0 Å². The molecule has 1 aromatic heterocycles. The minimum Gasteiger partial charge on any atom is -0.298 e. The van der Waals surface area contributed by atoms with E-state index in [1.807, 2.05) is 43.3 Å². The Labute approximate surface area is 137 Å². The van der Waals surface area contributed by atoms with E-state index in [1.165, 1.54) is 17.4 Å². The molecule has 1 N–H and O–H groups in total. The summed E-state index contributed by atoms with van der Waals surface area (Å²) in [5.41, 5.74) is 2.83. The lowest BCUT2D eigenvalue weighted by molar-refractivity contribution is -0.111. The summed E-state index contributed by atoms with van der Waals surface area (Å²) in [4.78, 5) is 16.4. The number of thiazole rings is 1. The van der Waals surface area contributed by atoms with E-state index in [-0.39, 0.29) is 5.91 Å². The normalized spacial score (nSPS) is 11.2. The van der Waals surface area contributed by atoms with Crippen LogP contribution in [0.1, 0.15) is 11.1 Å². The third kappa shape index (κ3) is 3.18. The summed E-state index contributed by atoms with van der Waals surface area (Å²) in [5, 5.41) is 4.00. The number of hydrogen-bond donors (Lipinski definition) is 1. The van der Waals surface area contributed by atoms with Crippen molar-refractivity contribution in [2.24, 2.45) is 0 Å². The van der Waals surface area contributed by atoms with E-state index in [4.69, 9.17) is 11.6 Å². The topological polar surface area (TPSA) is 42.0 Å². The highest BCUT2D eigenvalue weighted by Crippen LogP contribution is 2.27. The third-order valence-corrected chi connectivity index (χ3v) is 4.45. The Bertz CT molecular complexity index is 870. The number of benzene rings is 2. The van der Waals surface area contributed by atoms with E-state index in [2.05, 4.69) is 10.3 Å². The quantitative estimate of drug-likeness (QED) is 0.694. The van der Waals surface area contributed by atoms with Gasteiger partial charge < -0.3 is 0 Å². The van der Waals surface area contributed by atoms with E-state index in [9.17, 15) is 4.79 Å². The van der Waals surface area contributed by atoms with Gasteiger partial charge in [-0.1, -0.05) is 53.3 Å². The smallest absolute Gasteiger partial charge is 0.250 e. The summed E-state index contributed by atoms with van der Waals surface area (Å²) < 4.78 is 1.06. The minimum atomic E-state index is -0.225. The van der Waals surface area contributed by atoms with Crippen molar-refractivity contribution < 1.29 is 4.79 Å². The number of aryl methyl sites for hydroxylation is 1. The van der Waals surface area contributed by atoms with Gasteiger partial charge in [0.2, 0.25) is 5.91 Å². The predicted molar refractivity (Wildman–Crippen MR) is 93.5 cm³/mol. The fraction of sp³-hybridized carbons (Fsp3) is 0.0588. The summed E-state index contributed by atoms with van der Waals surface area (Å²) in [6.07, 6.45) is 3.15. The molecule has 0 saturated heterocycles. The molecule has 3 rings (SSSR count). The summed E-state index contributed by atoms with van der Waals surface area (Å²) in [6, 6.07) is 13.4. The second-order valence-corrected chi connectivity index (χ2v) is 6.22. The lowest BCUT2D eigenvalue weighted by atomic mass is 10.2. The molecule has 110 valence electrons. The molecular formula is C17H13ClN2OS. The predicted octanol–water partition coefficient (Wildman–Crippen LogP) is 4.91. The number of rotatable bonds is 3. The molecular weight excluding hydrogens is 316 g/mol. The zero-order valence-electron chi connectivity index (χ0n) is 11.8. The van der Waals surface area contributed by atoms with Gasteiger partial charge in [-0.25, -0.2) is 4.98 Å². The Morgan fingerprint density at radius 1 is 1.23 bits per heavy atom. The van der Waals surface area contributed by atoms with Crippen molar-refractivity contribution in [1.82, 2.24) is 4.98 Å².